The first-order chi connectivity index (χ1) is 17.6. The molecule has 1 atom stereocenters. The molecule has 1 amide bonds. The minimum Gasteiger partial charge on any atom is -0.393 e. The summed E-state index contributed by atoms with van der Waals surface area (Å²) in [5, 5.41) is 26.8. The Labute approximate surface area is 210 Å². The second-order valence-electron chi connectivity index (χ2n) is 9.68. The maximum atomic E-state index is 12.9. The molecule has 2 aliphatic rings. The molecule has 186 valence electrons. The lowest BCUT2D eigenvalue weighted by molar-refractivity contribution is 0.0546. The molecule has 0 radical (unpaired) electrons. The van der Waals surface area contributed by atoms with E-state index in [1.165, 1.54) is 12.8 Å². The highest BCUT2D eigenvalue weighted by Crippen LogP contribution is 2.36. The molecule has 1 saturated heterocycles. The highest BCUT2D eigenvalue weighted by molar-refractivity contribution is 5.95. The van der Waals surface area contributed by atoms with Crippen molar-refractivity contribution in [2.75, 3.05) is 18.4 Å². The summed E-state index contributed by atoms with van der Waals surface area (Å²) in [5.41, 5.74) is 2.92. The lowest BCUT2D eigenvalue weighted by atomic mass is 9.96. The first-order valence-corrected chi connectivity index (χ1v) is 12.7. The van der Waals surface area contributed by atoms with E-state index in [1.54, 1.807) is 29.4 Å². The summed E-state index contributed by atoms with van der Waals surface area (Å²) >= 11 is 0. The number of likely N-dealkylation sites (tertiary alicyclic amines) is 1. The Balaban J connectivity index is 1.30. The number of nitriles is 1. The number of carbonyl (C=O) groups excluding carboxylic acids is 1. The molecule has 1 aliphatic heterocycles. The second kappa shape index (κ2) is 10.9. The van der Waals surface area contributed by atoms with Crippen LogP contribution in [0.15, 0.2) is 48.9 Å². The third kappa shape index (κ3) is 5.39. The van der Waals surface area contributed by atoms with Gasteiger partial charge in [0.15, 0.2) is 0 Å². The molecule has 3 aromatic rings. The van der Waals surface area contributed by atoms with Crippen LogP contribution in [0.2, 0.25) is 0 Å². The van der Waals surface area contributed by atoms with Crippen LogP contribution in [-0.2, 0) is 0 Å². The third-order valence-corrected chi connectivity index (χ3v) is 7.25. The van der Waals surface area contributed by atoms with Crippen LogP contribution in [0.1, 0.15) is 61.3 Å². The molecule has 1 aromatic carbocycles. The van der Waals surface area contributed by atoms with Gasteiger partial charge in [-0.1, -0.05) is 18.9 Å². The number of hydrogen-bond acceptors (Lipinski definition) is 7. The Morgan fingerprint density at radius 2 is 2.00 bits per heavy atom. The number of amides is 1. The number of nitrogens with zero attached hydrogens (tertiary/aromatic N) is 6. The van der Waals surface area contributed by atoms with Crippen molar-refractivity contribution in [3.8, 4) is 17.3 Å². The maximum absolute atomic E-state index is 12.9. The number of anilines is 2. The van der Waals surface area contributed by atoms with Crippen molar-refractivity contribution >= 4 is 17.5 Å². The van der Waals surface area contributed by atoms with E-state index in [9.17, 15) is 15.2 Å². The average molecular weight is 486 g/mol. The minimum absolute atomic E-state index is 0.0400. The van der Waals surface area contributed by atoms with Crippen LogP contribution in [0.4, 0.5) is 11.6 Å². The number of carbonyl (C=O) groups is 1. The van der Waals surface area contributed by atoms with Gasteiger partial charge in [0.1, 0.15) is 0 Å². The zero-order chi connectivity index (χ0) is 24.9. The topological polar surface area (TPSA) is 120 Å². The highest BCUT2D eigenvalue weighted by atomic mass is 16.3. The molecule has 3 heterocycles. The molecule has 9 heteroatoms. The fourth-order valence-electron chi connectivity index (χ4n) is 5.25. The summed E-state index contributed by atoms with van der Waals surface area (Å²) in [5.74, 6) is 0.877. The molecule has 2 aromatic heterocycles. The predicted octanol–water partition coefficient (Wildman–Crippen LogP) is 4.33. The third-order valence-electron chi connectivity index (χ3n) is 7.25. The predicted molar refractivity (Wildman–Crippen MR) is 135 cm³/mol. The van der Waals surface area contributed by atoms with Gasteiger partial charge in [0.05, 0.1) is 36.5 Å². The molecule has 1 unspecified atom stereocenters. The van der Waals surface area contributed by atoms with Crippen molar-refractivity contribution in [1.82, 2.24) is 24.6 Å². The fourth-order valence-corrected chi connectivity index (χ4v) is 5.25. The largest absolute Gasteiger partial charge is 0.393 e. The fraction of sp³-hybridized carbons (Fsp3) is 0.444. The van der Waals surface area contributed by atoms with Gasteiger partial charge in [0, 0.05) is 42.3 Å². The highest BCUT2D eigenvalue weighted by Gasteiger charge is 2.27. The van der Waals surface area contributed by atoms with Crippen LogP contribution >= 0.6 is 0 Å². The molecule has 36 heavy (non-hydrogen) atoms. The molecule has 0 bridgehead atoms. The van der Waals surface area contributed by atoms with E-state index >= 15 is 0 Å². The standard InChI is InChI=1S/C27H31N7O2/c28-12-8-25(19-4-1-2-5-19)34-18-21(17-30-34)24-9-13-29-27(32-24)31-22-7-3-6-20(16-22)26(36)33-14-10-23(35)11-15-33/h3,6-7,9,13,16-19,23,25,35H,1-2,4-5,8,10-11,14-15H2,(H,29,31,32). The van der Waals surface area contributed by atoms with Crippen molar-refractivity contribution < 1.29 is 9.90 Å². The van der Waals surface area contributed by atoms with E-state index in [0.29, 0.717) is 49.8 Å². The Hall–Kier alpha value is -3.77. The van der Waals surface area contributed by atoms with Gasteiger partial charge in [-0.2, -0.15) is 10.4 Å². The number of benzene rings is 1. The Bertz CT molecular complexity index is 1240. The summed E-state index contributed by atoms with van der Waals surface area (Å²) in [4.78, 5) is 23.7. The molecule has 1 aliphatic carbocycles. The zero-order valence-electron chi connectivity index (χ0n) is 20.3. The molecular formula is C27H31N7O2. The van der Waals surface area contributed by atoms with Crippen molar-refractivity contribution in [3.05, 3.63) is 54.5 Å². The van der Waals surface area contributed by atoms with Crippen molar-refractivity contribution in [2.24, 2.45) is 5.92 Å². The smallest absolute Gasteiger partial charge is 0.253 e. The summed E-state index contributed by atoms with van der Waals surface area (Å²) in [7, 11) is 0. The van der Waals surface area contributed by atoms with Gasteiger partial charge < -0.3 is 15.3 Å². The van der Waals surface area contributed by atoms with Crippen LogP contribution < -0.4 is 5.32 Å². The van der Waals surface area contributed by atoms with Crippen LogP contribution in [-0.4, -0.2) is 54.9 Å². The molecule has 2 fully saturated rings. The van der Waals surface area contributed by atoms with E-state index < -0.39 is 0 Å². The van der Waals surface area contributed by atoms with Gasteiger partial charge in [-0.05, 0) is 55.9 Å². The lowest BCUT2D eigenvalue weighted by Gasteiger charge is -2.29. The van der Waals surface area contributed by atoms with Gasteiger partial charge in [-0.3, -0.25) is 9.48 Å². The number of nitrogens with one attached hydrogen (secondary N) is 1. The lowest BCUT2D eigenvalue weighted by Crippen LogP contribution is -2.40. The molecule has 5 rings (SSSR count). The van der Waals surface area contributed by atoms with Gasteiger partial charge >= 0.3 is 0 Å². The molecule has 2 N–H and O–H groups in total. The van der Waals surface area contributed by atoms with E-state index in [4.69, 9.17) is 0 Å². The molecular weight excluding hydrogens is 454 g/mol. The Morgan fingerprint density at radius 3 is 2.78 bits per heavy atom. The van der Waals surface area contributed by atoms with Gasteiger partial charge in [-0.25, -0.2) is 9.97 Å². The molecule has 1 saturated carbocycles. The van der Waals surface area contributed by atoms with Gasteiger partial charge in [0.2, 0.25) is 5.95 Å². The van der Waals surface area contributed by atoms with E-state index in [0.717, 1.165) is 29.8 Å². The van der Waals surface area contributed by atoms with Crippen LogP contribution in [0.25, 0.3) is 11.3 Å². The van der Waals surface area contributed by atoms with Crippen LogP contribution in [0.5, 0.6) is 0 Å². The van der Waals surface area contributed by atoms with Crippen LogP contribution in [0, 0.1) is 17.2 Å². The zero-order valence-corrected chi connectivity index (χ0v) is 20.3. The molecule has 9 nitrogen and oxygen atoms in total. The van der Waals surface area contributed by atoms with Crippen molar-refractivity contribution in [1.29, 1.82) is 5.26 Å². The monoisotopic (exact) mass is 485 g/mol. The van der Waals surface area contributed by atoms with E-state index in [2.05, 4.69) is 26.5 Å². The second-order valence-corrected chi connectivity index (χ2v) is 9.68. The van der Waals surface area contributed by atoms with E-state index in [-0.39, 0.29) is 18.1 Å². The van der Waals surface area contributed by atoms with Crippen molar-refractivity contribution in [2.45, 2.75) is 57.1 Å². The number of rotatable bonds is 7. The van der Waals surface area contributed by atoms with Crippen molar-refractivity contribution in [3.63, 3.8) is 0 Å². The first kappa shape index (κ1) is 23.9. The SMILES string of the molecule is N#CCC(C1CCCC1)n1cc(-c2ccnc(Nc3cccc(C(=O)N4CCC(O)CC4)c3)n2)cn1. The van der Waals surface area contributed by atoms with E-state index in [1.807, 2.05) is 29.1 Å². The van der Waals surface area contributed by atoms with Crippen LogP contribution in [0.3, 0.4) is 0 Å². The minimum atomic E-state index is -0.321. The maximum Gasteiger partial charge on any atom is 0.253 e. The average Bonchev–Trinajstić information content (AvgIpc) is 3.61. The summed E-state index contributed by atoms with van der Waals surface area (Å²) < 4.78 is 1.93. The summed E-state index contributed by atoms with van der Waals surface area (Å²) in [6, 6.07) is 11.6. The van der Waals surface area contributed by atoms with Gasteiger partial charge in [-0.15, -0.1) is 0 Å². The Kier molecular flexibility index (Phi) is 7.23. The summed E-state index contributed by atoms with van der Waals surface area (Å²) in [6.45, 7) is 1.12. The number of hydrogen-bond donors (Lipinski definition) is 2. The van der Waals surface area contributed by atoms with Gasteiger partial charge in [0.25, 0.3) is 5.91 Å². The Morgan fingerprint density at radius 1 is 1.19 bits per heavy atom. The first-order valence-electron chi connectivity index (χ1n) is 12.7. The normalized spacial score (nSPS) is 17.6. The number of aromatic nitrogens is 4. The number of aliphatic hydroxyl groups is 1. The number of aliphatic hydroxyl groups excluding tert-OH is 1. The molecule has 0 spiro atoms. The number of piperidine rings is 1. The quantitative estimate of drug-likeness (QED) is 0.511. The summed E-state index contributed by atoms with van der Waals surface area (Å²) in [6.07, 6.45) is 11.5.